The highest BCUT2D eigenvalue weighted by molar-refractivity contribution is 7.99. The van der Waals surface area contributed by atoms with E-state index in [9.17, 15) is 15.2 Å². The zero-order valence-electron chi connectivity index (χ0n) is 13.3. The molecule has 0 aliphatic heterocycles. The molecule has 2 N–H and O–H groups in total. The SMILES string of the molecule is O=[N+]([O-])c1ccc(Sc2ccccc2CNc2ccc(O)cc2)cc1. The maximum absolute atomic E-state index is 10.7. The number of hydrogen-bond donors (Lipinski definition) is 2. The minimum absolute atomic E-state index is 0.0895. The molecule has 126 valence electrons. The van der Waals surface area contributed by atoms with Crippen LogP contribution in [0.25, 0.3) is 0 Å². The smallest absolute Gasteiger partial charge is 0.269 e. The molecular weight excluding hydrogens is 336 g/mol. The van der Waals surface area contributed by atoms with E-state index >= 15 is 0 Å². The summed E-state index contributed by atoms with van der Waals surface area (Å²) in [7, 11) is 0. The molecule has 0 spiro atoms. The molecule has 0 unspecified atom stereocenters. The van der Waals surface area contributed by atoms with E-state index in [-0.39, 0.29) is 11.4 Å². The Kier molecular flexibility index (Phi) is 5.20. The summed E-state index contributed by atoms with van der Waals surface area (Å²) in [6, 6.07) is 21.5. The fraction of sp³-hybridized carbons (Fsp3) is 0.0526. The molecule has 3 aromatic carbocycles. The lowest BCUT2D eigenvalue weighted by molar-refractivity contribution is -0.384. The summed E-state index contributed by atoms with van der Waals surface area (Å²) < 4.78 is 0. The summed E-state index contributed by atoms with van der Waals surface area (Å²) in [5.41, 5.74) is 2.14. The van der Waals surface area contributed by atoms with Crippen molar-refractivity contribution >= 4 is 23.1 Å². The topological polar surface area (TPSA) is 75.4 Å². The summed E-state index contributed by atoms with van der Waals surface area (Å²) in [5.74, 6) is 0.236. The maximum Gasteiger partial charge on any atom is 0.269 e. The second kappa shape index (κ2) is 7.72. The summed E-state index contributed by atoms with van der Waals surface area (Å²) in [4.78, 5) is 12.4. The quantitative estimate of drug-likeness (QED) is 0.368. The van der Waals surface area contributed by atoms with Crippen LogP contribution in [0, 0.1) is 10.1 Å². The van der Waals surface area contributed by atoms with Crippen LogP contribution in [-0.4, -0.2) is 10.0 Å². The fourth-order valence-corrected chi connectivity index (χ4v) is 3.23. The van der Waals surface area contributed by atoms with Gasteiger partial charge < -0.3 is 10.4 Å². The number of aromatic hydroxyl groups is 1. The van der Waals surface area contributed by atoms with Gasteiger partial charge in [0.1, 0.15) is 5.75 Å². The molecular formula is C19H16N2O3S. The lowest BCUT2D eigenvalue weighted by Gasteiger charge is -2.11. The summed E-state index contributed by atoms with van der Waals surface area (Å²) in [6.45, 7) is 0.640. The number of phenols is 1. The van der Waals surface area contributed by atoms with Gasteiger partial charge in [-0.25, -0.2) is 0 Å². The standard InChI is InChI=1S/C19H16N2O3S/c22-17-9-5-15(6-10-17)20-13-14-3-1-2-4-19(14)25-18-11-7-16(8-12-18)21(23)24/h1-12,20,22H,13H2. The number of phenolic OH excluding ortho intramolecular Hbond substituents is 1. The van der Waals surface area contributed by atoms with E-state index in [1.807, 2.05) is 36.4 Å². The molecule has 0 aliphatic rings. The average Bonchev–Trinajstić information content (AvgIpc) is 2.63. The van der Waals surface area contributed by atoms with Gasteiger partial charge in [-0.05, 0) is 48.0 Å². The second-order valence-corrected chi connectivity index (χ2v) is 6.48. The van der Waals surface area contributed by atoms with Gasteiger partial charge in [0.25, 0.3) is 5.69 Å². The van der Waals surface area contributed by atoms with E-state index in [1.54, 1.807) is 36.0 Å². The molecule has 0 bridgehead atoms. The molecule has 0 fully saturated rings. The van der Waals surface area contributed by atoms with E-state index in [2.05, 4.69) is 5.32 Å². The highest BCUT2D eigenvalue weighted by Gasteiger charge is 2.07. The normalized spacial score (nSPS) is 10.4. The molecule has 0 amide bonds. The maximum atomic E-state index is 10.7. The summed E-state index contributed by atoms with van der Waals surface area (Å²) >= 11 is 1.57. The van der Waals surface area contributed by atoms with E-state index in [0.29, 0.717) is 6.54 Å². The van der Waals surface area contributed by atoms with Crippen molar-refractivity contribution in [3.05, 3.63) is 88.5 Å². The van der Waals surface area contributed by atoms with Crippen molar-refractivity contribution in [1.29, 1.82) is 0 Å². The van der Waals surface area contributed by atoms with Crippen molar-refractivity contribution in [1.82, 2.24) is 0 Å². The van der Waals surface area contributed by atoms with Crippen LogP contribution in [0.4, 0.5) is 11.4 Å². The Balaban J connectivity index is 1.71. The van der Waals surface area contributed by atoms with Gasteiger partial charge in [-0.3, -0.25) is 10.1 Å². The van der Waals surface area contributed by atoms with Gasteiger partial charge in [0.2, 0.25) is 0 Å². The van der Waals surface area contributed by atoms with Crippen LogP contribution >= 0.6 is 11.8 Å². The molecule has 0 aromatic heterocycles. The number of benzene rings is 3. The Morgan fingerprint density at radius 1 is 0.960 bits per heavy atom. The molecule has 0 atom stereocenters. The number of nitrogens with one attached hydrogen (secondary N) is 1. The minimum Gasteiger partial charge on any atom is -0.508 e. The molecule has 6 heteroatoms. The van der Waals surface area contributed by atoms with Crippen molar-refractivity contribution in [2.45, 2.75) is 16.3 Å². The van der Waals surface area contributed by atoms with Crippen molar-refractivity contribution in [3.63, 3.8) is 0 Å². The van der Waals surface area contributed by atoms with Gasteiger partial charge >= 0.3 is 0 Å². The van der Waals surface area contributed by atoms with Gasteiger partial charge in [0.05, 0.1) is 4.92 Å². The molecule has 0 saturated carbocycles. The number of anilines is 1. The number of rotatable bonds is 6. The van der Waals surface area contributed by atoms with Crippen LogP contribution in [-0.2, 0) is 6.54 Å². The largest absolute Gasteiger partial charge is 0.508 e. The van der Waals surface area contributed by atoms with Gasteiger partial charge in [-0.1, -0.05) is 30.0 Å². The van der Waals surface area contributed by atoms with Crippen molar-refractivity contribution in [2.75, 3.05) is 5.32 Å². The molecule has 3 aromatic rings. The lowest BCUT2D eigenvalue weighted by Crippen LogP contribution is -2.00. The van der Waals surface area contributed by atoms with Gasteiger partial charge in [0, 0.05) is 34.2 Å². The van der Waals surface area contributed by atoms with Gasteiger partial charge in [-0.15, -0.1) is 0 Å². The first-order chi connectivity index (χ1) is 12.1. The van der Waals surface area contributed by atoms with Crippen LogP contribution < -0.4 is 5.32 Å². The Hall–Kier alpha value is -2.99. The second-order valence-electron chi connectivity index (χ2n) is 5.36. The number of nitrogens with zero attached hydrogens (tertiary/aromatic N) is 1. The Morgan fingerprint density at radius 3 is 2.32 bits per heavy atom. The molecule has 0 radical (unpaired) electrons. The van der Waals surface area contributed by atoms with E-state index < -0.39 is 4.92 Å². The molecule has 0 saturated heterocycles. The van der Waals surface area contributed by atoms with Crippen molar-refractivity contribution < 1.29 is 10.0 Å². The highest BCUT2D eigenvalue weighted by Crippen LogP contribution is 2.32. The van der Waals surface area contributed by atoms with Gasteiger partial charge in [-0.2, -0.15) is 0 Å². The predicted molar refractivity (Wildman–Crippen MR) is 99.1 cm³/mol. The van der Waals surface area contributed by atoms with E-state index in [1.165, 1.54) is 12.1 Å². The number of nitro benzene ring substituents is 1. The van der Waals surface area contributed by atoms with Crippen LogP contribution in [0.1, 0.15) is 5.56 Å². The first kappa shape index (κ1) is 16.9. The van der Waals surface area contributed by atoms with Crippen LogP contribution in [0.2, 0.25) is 0 Å². The molecule has 25 heavy (non-hydrogen) atoms. The van der Waals surface area contributed by atoms with Crippen molar-refractivity contribution in [2.24, 2.45) is 0 Å². The number of hydrogen-bond acceptors (Lipinski definition) is 5. The van der Waals surface area contributed by atoms with Crippen molar-refractivity contribution in [3.8, 4) is 5.75 Å². The monoisotopic (exact) mass is 352 g/mol. The Morgan fingerprint density at radius 2 is 1.64 bits per heavy atom. The molecule has 5 nitrogen and oxygen atoms in total. The van der Waals surface area contributed by atoms with Gasteiger partial charge in [0.15, 0.2) is 0 Å². The summed E-state index contributed by atoms with van der Waals surface area (Å²) in [5, 5.41) is 23.4. The minimum atomic E-state index is -0.399. The van der Waals surface area contributed by atoms with Crippen LogP contribution in [0.15, 0.2) is 82.6 Å². The number of nitro groups is 1. The first-order valence-electron chi connectivity index (χ1n) is 7.65. The number of non-ortho nitro benzene ring substituents is 1. The first-order valence-corrected chi connectivity index (χ1v) is 8.46. The zero-order chi connectivity index (χ0) is 17.6. The molecule has 0 aliphatic carbocycles. The highest BCUT2D eigenvalue weighted by atomic mass is 32.2. The zero-order valence-corrected chi connectivity index (χ0v) is 14.1. The third-order valence-electron chi connectivity index (χ3n) is 3.60. The van der Waals surface area contributed by atoms with E-state index in [0.717, 1.165) is 21.0 Å². The Bertz CT molecular complexity index is 865. The van der Waals surface area contributed by atoms with E-state index in [4.69, 9.17) is 0 Å². The average molecular weight is 352 g/mol. The lowest BCUT2D eigenvalue weighted by atomic mass is 10.2. The third kappa shape index (κ3) is 4.51. The van der Waals surface area contributed by atoms with Crippen LogP contribution in [0.5, 0.6) is 5.75 Å². The van der Waals surface area contributed by atoms with Crippen LogP contribution in [0.3, 0.4) is 0 Å². The molecule has 3 rings (SSSR count). The third-order valence-corrected chi connectivity index (χ3v) is 4.72. The summed E-state index contributed by atoms with van der Waals surface area (Å²) in [6.07, 6.45) is 0. The predicted octanol–water partition coefficient (Wildman–Crippen LogP) is 5.06. The Labute approximate surface area is 149 Å². The fourth-order valence-electron chi connectivity index (χ4n) is 2.29. The molecule has 0 heterocycles.